The summed E-state index contributed by atoms with van der Waals surface area (Å²) in [6, 6.07) is 7.87. The van der Waals surface area contributed by atoms with Crippen LogP contribution in [0.5, 0.6) is 0 Å². The standard InChI is InChI=1S/C37H54ClNO2/c1-23-14-19-37(32(41)39-22-25-8-10-26(38)11-9-25)21-20-35(6)27(31(37)24(23)2)12-13-29-34(5)17-16-30(40)33(3,4)28(34)15-18-36(29,35)7/h8-12,23-24,28-31,40H,13-22H2,1-7H3,(H,39,41)/t23-,24+,28+,29-,30+,31?,34+,35-,36-,37+/m1/s1. The largest absolute Gasteiger partial charge is 0.393 e. The van der Waals surface area contributed by atoms with E-state index < -0.39 is 0 Å². The Labute approximate surface area is 254 Å². The van der Waals surface area contributed by atoms with Gasteiger partial charge in [0.05, 0.1) is 11.5 Å². The summed E-state index contributed by atoms with van der Waals surface area (Å²) in [6.07, 6.45) is 12.3. The van der Waals surface area contributed by atoms with E-state index in [2.05, 4.69) is 59.9 Å². The van der Waals surface area contributed by atoms with Crippen molar-refractivity contribution in [3.05, 3.63) is 46.5 Å². The average Bonchev–Trinajstić information content (AvgIpc) is 2.93. The van der Waals surface area contributed by atoms with Crippen molar-refractivity contribution >= 4 is 17.5 Å². The van der Waals surface area contributed by atoms with Gasteiger partial charge in [0, 0.05) is 11.6 Å². The van der Waals surface area contributed by atoms with Crippen LogP contribution in [-0.4, -0.2) is 17.1 Å². The van der Waals surface area contributed by atoms with E-state index >= 15 is 0 Å². The third-order valence-electron chi connectivity index (χ3n) is 14.8. The number of allylic oxidation sites excluding steroid dienone is 2. The van der Waals surface area contributed by atoms with Crippen molar-refractivity contribution in [2.75, 3.05) is 0 Å². The summed E-state index contributed by atoms with van der Waals surface area (Å²) in [5.41, 5.74) is 2.96. The smallest absolute Gasteiger partial charge is 0.227 e. The molecule has 226 valence electrons. The molecule has 2 N–H and O–H groups in total. The van der Waals surface area contributed by atoms with Gasteiger partial charge in [-0.25, -0.2) is 0 Å². The first-order valence-electron chi connectivity index (χ1n) is 16.6. The first-order chi connectivity index (χ1) is 19.2. The number of fused-ring (bicyclic) bond motifs is 7. The van der Waals surface area contributed by atoms with E-state index in [9.17, 15) is 9.90 Å². The number of amides is 1. The molecule has 0 saturated heterocycles. The first-order valence-corrected chi connectivity index (χ1v) is 17.0. The molecule has 1 unspecified atom stereocenters. The maximum Gasteiger partial charge on any atom is 0.227 e. The zero-order valence-electron chi connectivity index (χ0n) is 26.7. The van der Waals surface area contributed by atoms with Gasteiger partial charge in [-0.2, -0.15) is 0 Å². The summed E-state index contributed by atoms with van der Waals surface area (Å²) < 4.78 is 0. The van der Waals surface area contributed by atoms with Gasteiger partial charge in [-0.3, -0.25) is 4.79 Å². The van der Waals surface area contributed by atoms with Crippen LogP contribution in [0.15, 0.2) is 35.9 Å². The van der Waals surface area contributed by atoms with Crippen molar-refractivity contribution in [1.29, 1.82) is 0 Å². The molecule has 41 heavy (non-hydrogen) atoms. The number of carbonyl (C=O) groups is 1. The van der Waals surface area contributed by atoms with Crippen molar-refractivity contribution in [2.24, 2.45) is 56.7 Å². The second-order valence-electron chi connectivity index (χ2n) is 16.5. The molecule has 0 aromatic heterocycles. The normalized spacial score (nSPS) is 46.7. The van der Waals surface area contributed by atoms with Crippen molar-refractivity contribution in [3.63, 3.8) is 0 Å². The molecule has 4 heteroatoms. The summed E-state index contributed by atoms with van der Waals surface area (Å²) in [6.45, 7) is 17.9. The molecule has 5 aliphatic rings. The summed E-state index contributed by atoms with van der Waals surface area (Å²) in [5.74, 6) is 2.88. The highest BCUT2D eigenvalue weighted by atomic mass is 35.5. The maximum atomic E-state index is 14.3. The number of hydrogen-bond acceptors (Lipinski definition) is 2. The number of nitrogens with one attached hydrogen (secondary N) is 1. The van der Waals surface area contributed by atoms with Crippen LogP contribution in [0.2, 0.25) is 5.02 Å². The summed E-state index contributed by atoms with van der Waals surface area (Å²) in [5, 5.41) is 15.2. The number of aliphatic hydroxyl groups excluding tert-OH is 1. The van der Waals surface area contributed by atoms with Crippen LogP contribution >= 0.6 is 11.6 Å². The van der Waals surface area contributed by atoms with E-state index in [0.717, 1.165) is 55.5 Å². The van der Waals surface area contributed by atoms with Crippen molar-refractivity contribution in [2.45, 2.75) is 119 Å². The van der Waals surface area contributed by atoms with Crippen LogP contribution in [0.25, 0.3) is 0 Å². The Kier molecular flexibility index (Phi) is 7.14. The summed E-state index contributed by atoms with van der Waals surface area (Å²) >= 11 is 6.12. The lowest BCUT2D eigenvalue weighted by Gasteiger charge is -2.71. The highest BCUT2D eigenvalue weighted by Gasteiger charge is 2.69. The van der Waals surface area contributed by atoms with Gasteiger partial charge in [0.2, 0.25) is 5.91 Å². The van der Waals surface area contributed by atoms with Gasteiger partial charge >= 0.3 is 0 Å². The highest BCUT2D eigenvalue weighted by molar-refractivity contribution is 6.30. The minimum Gasteiger partial charge on any atom is -0.393 e. The second-order valence-corrected chi connectivity index (χ2v) is 16.9. The molecule has 10 atom stereocenters. The molecule has 1 aromatic carbocycles. The molecule has 1 amide bonds. The molecule has 0 heterocycles. The van der Waals surface area contributed by atoms with Gasteiger partial charge in [0.25, 0.3) is 0 Å². The number of halogens is 1. The molecule has 3 nitrogen and oxygen atoms in total. The Hall–Kier alpha value is -1.32. The fourth-order valence-electron chi connectivity index (χ4n) is 11.8. The first kappa shape index (κ1) is 29.7. The number of rotatable bonds is 3. The predicted octanol–water partition coefficient (Wildman–Crippen LogP) is 8.97. The van der Waals surface area contributed by atoms with Gasteiger partial charge < -0.3 is 10.4 Å². The predicted molar refractivity (Wildman–Crippen MR) is 168 cm³/mol. The Morgan fingerprint density at radius 3 is 2.34 bits per heavy atom. The van der Waals surface area contributed by atoms with Crippen molar-refractivity contribution in [1.82, 2.24) is 5.32 Å². The van der Waals surface area contributed by atoms with E-state index in [1.807, 2.05) is 24.3 Å². The molecule has 0 aliphatic heterocycles. The Morgan fingerprint density at radius 2 is 1.63 bits per heavy atom. The molecule has 0 bridgehead atoms. The molecule has 6 rings (SSSR count). The average molecular weight is 580 g/mol. The monoisotopic (exact) mass is 579 g/mol. The third-order valence-corrected chi connectivity index (χ3v) is 15.0. The Morgan fingerprint density at radius 1 is 0.927 bits per heavy atom. The molecular formula is C37H54ClNO2. The van der Waals surface area contributed by atoms with Crippen molar-refractivity contribution < 1.29 is 9.90 Å². The van der Waals surface area contributed by atoms with Gasteiger partial charge in [0.1, 0.15) is 0 Å². The third kappa shape index (κ3) is 4.10. The second kappa shape index (κ2) is 9.85. The van der Waals surface area contributed by atoms with Crippen LogP contribution in [-0.2, 0) is 11.3 Å². The summed E-state index contributed by atoms with van der Waals surface area (Å²) in [7, 11) is 0. The van der Waals surface area contributed by atoms with Gasteiger partial charge in [-0.05, 0) is 127 Å². The Bertz CT molecular complexity index is 1220. The SMILES string of the molecule is C[C@@H]1CC[C@]2(C(=O)NCc3ccc(Cl)cc3)CC[C@]3(C)C(=CC[C@@H]4[C@@]5(C)CC[C@H](O)C(C)(C)[C@@H]5CC[C@]43C)C2[C@H]1C. The van der Waals surface area contributed by atoms with E-state index in [1.165, 1.54) is 12.8 Å². The molecule has 0 spiro atoms. The fourth-order valence-corrected chi connectivity index (χ4v) is 12.0. The molecule has 4 fully saturated rings. The zero-order chi connectivity index (χ0) is 29.6. The van der Waals surface area contributed by atoms with E-state index in [-0.39, 0.29) is 39.1 Å². The number of benzene rings is 1. The maximum absolute atomic E-state index is 14.3. The van der Waals surface area contributed by atoms with Crippen LogP contribution in [0, 0.1) is 56.7 Å². The highest BCUT2D eigenvalue weighted by Crippen LogP contribution is 2.75. The van der Waals surface area contributed by atoms with E-state index in [4.69, 9.17) is 11.6 Å². The van der Waals surface area contributed by atoms with Gasteiger partial charge in [-0.1, -0.05) is 83.8 Å². The van der Waals surface area contributed by atoms with E-state index in [1.54, 1.807) is 5.57 Å². The van der Waals surface area contributed by atoms with Crippen LogP contribution in [0.3, 0.4) is 0 Å². The number of hydrogen-bond donors (Lipinski definition) is 2. The lowest BCUT2D eigenvalue weighted by Crippen LogP contribution is -2.66. The van der Waals surface area contributed by atoms with Gasteiger partial charge in [0.15, 0.2) is 0 Å². The molecule has 0 radical (unpaired) electrons. The molecular weight excluding hydrogens is 526 g/mol. The lowest BCUT2D eigenvalue weighted by molar-refractivity contribution is -0.204. The fraction of sp³-hybridized carbons (Fsp3) is 0.757. The van der Waals surface area contributed by atoms with E-state index in [0.29, 0.717) is 36.1 Å². The topological polar surface area (TPSA) is 49.3 Å². The minimum atomic E-state index is -0.315. The molecule has 1 aromatic rings. The number of aliphatic hydroxyl groups is 1. The zero-order valence-corrected chi connectivity index (χ0v) is 27.4. The summed E-state index contributed by atoms with van der Waals surface area (Å²) in [4.78, 5) is 14.3. The lowest BCUT2D eigenvalue weighted by atomic mass is 9.33. The molecule has 5 aliphatic carbocycles. The molecule has 4 saturated carbocycles. The van der Waals surface area contributed by atoms with Crippen LogP contribution in [0.1, 0.15) is 112 Å². The van der Waals surface area contributed by atoms with Crippen LogP contribution < -0.4 is 5.32 Å². The number of carbonyl (C=O) groups excluding carboxylic acids is 1. The van der Waals surface area contributed by atoms with Crippen LogP contribution in [0.4, 0.5) is 0 Å². The van der Waals surface area contributed by atoms with Gasteiger partial charge in [-0.15, -0.1) is 0 Å². The minimum absolute atomic E-state index is 0.0313. The van der Waals surface area contributed by atoms with Crippen molar-refractivity contribution in [3.8, 4) is 0 Å². The quantitative estimate of drug-likeness (QED) is 0.351. The Balaban J connectivity index is 1.36.